The Morgan fingerprint density at radius 1 is 1.13 bits per heavy atom. The summed E-state index contributed by atoms with van der Waals surface area (Å²) in [5.74, 6) is 1.29. The number of amides is 1. The summed E-state index contributed by atoms with van der Waals surface area (Å²) >= 11 is 12.2. The van der Waals surface area contributed by atoms with Crippen molar-refractivity contribution in [2.75, 3.05) is 39.3 Å². The van der Waals surface area contributed by atoms with E-state index in [1.807, 2.05) is 0 Å². The lowest BCUT2D eigenvalue weighted by Crippen LogP contribution is -2.40. The molecule has 2 saturated heterocycles. The molecule has 1 aromatic heterocycles. The topological polar surface area (TPSA) is 74.5 Å². The molecule has 0 unspecified atom stereocenters. The van der Waals surface area contributed by atoms with Crippen molar-refractivity contribution in [2.24, 2.45) is 5.92 Å². The van der Waals surface area contributed by atoms with Crippen molar-refractivity contribution in [1.29, 1.82) is 0 Å². The second-order valence-electron chi connectivity index (χ2n) is 8.38. The number of carbonyl (C=O) groups excluding carboxylic acids is 1. The van der Waals surface area contributed by atoms with Gasteiger partial charge in [-0.2, -0.15) is 4.98 Å². The van der Waals surface area contributed by atoms with Gasteiger partial charge in [0.25, 0.3) is 0 Å². The van der Waals surface area contributed by atoms with Crippen LogP contribution >= 0.6 is 23.2 Å². The van der Waals surface area contributed by atoms with Crippen LogP contribution in [0, 0.1) is 5.92 Å². The minimum absolute atomic E-state index is 0.0918. The van der Waals surface area contributed by atoms with Gasteiger partial charge in [-0.25, -0.2) is 0 Å². The Kier molecular flexibility index (Phi) is 7.82. The van der Waals surface area contributed by atoms with Gasteiger partial charge in [0.15, 0.2) is 0 Å². The van der Waals surface area contributed by atoms with Gasteiger partial charge in [0, 0.05) is 23.0 Å². The Balaban J connectivity index is 1.19. The first-order valence-electron chi connectivity index (χ1n) is 11.1. The van der Waals surface area contributed by atoms with Gasteiger partial charge in [0.1, 0.15) is 0 Å². The fourth-order valence-corrected chi connectivity index (χ4v) is 4.80. The molecule has 0 spiro atoms. The monoisotopic (exact) mass is 465 g/mol. The van der Waals surface area contributed by atoms with Crippen molar-refractivity contribution in [1.82, 2.24) is 25.3 Å². The first-order chi connectivity index (χ1) is 15.1. The maximum atomic E-state index is 12.5. The number of hydrogen-bond donors (Lipinski definition) is 1. The largest absolute Gasteiger partial charge is 0.356 e. The van der Waals surface area contributed by atoms with Crippen molar-refractivity contribution >= 4 is 29.1 Å². The molecule has 0 radical (unpaired) electrons. The number of likely N-dealkylation sites (tertiary alicyclic amines) is 2. The van der Waals surface area contributed by atoms with E-state index in [1.165, 1.54) is 25.9 Å². The average molecular weight is 466 g/mol. The average Bonchev–Trinajstić information content (AvgIpc) is 3.44. The molecule has 9 heteroatoms. The summed E-state index contributed by atoms with van der Waals surface area (Å²) in [6.07, 6.45) is 5.35. The summed E-state index contributed by atoms with van der Waals surface area (Å²) in [5, 5.41) is 8.23. The molecule has 1 aromatic carbocycles. The van der Waals surface area contributed by atoms with Crippen LogP contribution in [-0.2, 0) is 11.3 Å². The van der Waals surface area contributed by atoms with Crippen LogP contribution in [0.5, 0.6) is 0 Å². The zero-order chi connectivity index (χ0) is 21.6. The molecule has 0 aliphatic carbocycles. The molecule has 2 fully saturated rings. The van der Waals surface area contributed by atoms with Crippen molar-refractivity contribution in [3.05, 3.63) is 34.1 Å². The van der Waals surface area contributed by atoms with E-state index < -0.39 is 0 Å². The van der Waals surface area contributed by atoms with Gasteiger partial charge in [-0.05, 0) is 83.0 Å². The molecule has 2 aliphatic rings. The first-order valence-corrected chi connectivity index (χ1v) is 11.8. The molecule has 1 N–H and O–H groups in total. The third-order valence-electron chi connectivity index (χ3n) is 6.11. The number of hydrogen-bond acceptors (Lipinski definition) is 6. The van der Waals surface area contributed by atoms with Crippen LogP contribution in [0.3, 0.4) is 0 Å². The van der Waals surface area contributed by atoms with Crippen LogP contribution in [0.25, 0.3) is 11.4 Å². The van der Waals surface area contributed by atoms with Crippen molar-refractivity contribution in [2.45, 2.75) is 38.6 Å². The molecule has 0 saturated carbocycles. The molecule has 0 atom stereocenters. The van der Waals surface area contributed by atoms with Crippen LogP contribution in [0.15, 0.2) is 22.7 Å². The third-order valence-corrected chi connectivity index (χ3v) is 6.65. The minimum Gasteiger partial charge on any atom is -0.356 e. The summed E-state index contributed by atoms with van der Waals surface area (Å²) in [5.41, 5.74) is 0.696. The van der Waals surface area contributed by atoms with Gasteiger partial charge in [-0.1, -0.05) is 28.4 Å². The molecule has 0 bridgehead atoms. The molecule has 2 aliphatic heterocycles. The summed E-state index contributed by atoms with van der Waals surface area (Å²) in [7, 11) is 0. The summed E-state index contributed by atoms with van der Waals surface area (Å²) in [4.78, 5) is 21.7. The molecule has 168 valence electrons. The lowest BCUT2D eigenvalue weighted by atomic mass is 9.96. The van der Waals surface area contributed by atoms with Gasteiger partial charge in [0.05, 0.1) is 11.6 Å². The van der Waals surface area contributed by atoms with E-state index in [9.17, 15) is 4.79 Å². The molecule has 31 heavy (non-hydrogen) atoms. The van der Waals surface area contributed by atoms with E-state index in [0.717, 1.165) is 45.4 Å². The van der Waals surface area contributed by atoms with Gasteiger partial charge in [-0.15, -0.1) is 0 Å². The zero-order valence-electron chi connectivity index (χ0n) is 17.7. The normalized spacial score (nSPS) is 18.5. The molecule has 3 heterocycles. The number of nitrogens with zero attached hydrogens (tertiary/aromatic N) is 4. The van der Waals surface area contributed by atoms with Crippen LogP contribution in [0.4, 0.5) is 0 Å². The van der Waals surface area contributed by atoms with E-state index in [-0.39, 0.29) is 11.8 Å². The zero-order valence-corrected chi connectivity index (χ0v) is 19.2. The van der Waals surface area contributed by atoms with Crippen LogP contribution < -0.4 is 5.32 Å². The van der Waals surface area contributed by atoms with E-state index in [2.05, 4.69) is 25.3 Å². The maximum Gasteiger partial charge on any atom is 0.241 e. The Bertz CT molecular complexity index is 877. The summed E-state index contributed by atoms with van der Waals surface area (Å²) in [6, 6.07) is 5.20. The second kappa shape index (κ2) is 10.8. The molecular weight excluding hydrogens is 437 g/mol. The highest BCUT2D eigenvalue weighted by atomic mass is 35.5. The lowest BCUT2D eigenvalue weighted by molar-refractivity contribution is -0.126. The van der Waals surface area contributed by atoms with Gasteiger partial charge < -0.3 is 14.7 Å². The maximum absolute atomic E-state index is 12.5. The number of benzene rings is 1. The Hall–Kier alpha value is -1.67. The predicted molar refractivity (Wildman–Crippen MR) is 121 cm³/mol. The molecule has 7 nitrogen and oxygen atoms in total. The van der Waals surface area contributed by atoms with Crippen molar-refractivity contribution in [3.8, 4) is 11.4 Å². The van der Waals surface area contributed by atoms with E-state index in [4.69, 9.17) is 27.7 Å². The van der Waals surface area contributed by atoms with Crippen molar-refractivity contribution < 1.29 is 9.32 Å². The molecule has 2 aromatic rings. The van der Waals surface area contributed by atoms with Crippen LogP contribution in [0.1, 0.15) is 38.0 Å². The highest BCUT2D eigenvalue weighted by Gasteiger charge is 2.26. The Labute approximate surface area is 193 Å². The van der Waals surface area contributed by atoms with E-state index >= 15 is 0 Å². The summed E-state index contributed by atoms with van der Waals surface area (Å²) in [6.45, 7) is 6.53. The fourth-order valence-electron chi connectivity index (χ4n) is 4.31. The van der Waals surface area contributed by atoms with E-state index in [1.54, 1.807) is 18.2 Å². The highest BCUT2D eigenvalue weighted by Crippen LogP contribution is 2.28. The van der Waals surface area contributed by atoms with Gasteiger partial charge in [-0.3, -0.25) is 9.69 Å². The number of piperidine rings is 1. The number of rotatable bonds is 8. The van der Waals surface area contributed by atoms with Gasteiger partial charge >= 0.3 is 0 Å². The Morgan fingerprint density at radius 2 is 1.90 bits per heavy atom. The van der Waals surface area contributed by atoms with E-state index in [0.29, 0.717) is 33.9 Å². The number of halogens is 2. The standard InChI is InChI=1S/C22H29Cl2N5O2/c23-17-4-5-18(19(24)14-17)21-26-20(31-27-21)15-29-12-6-16(7-13-29)22(30)25-8-3-11-28-9-1-2-10-28/h4-5,14,16H,1-3,6-13,15H2,(H,25,30). The predicted octanol–water partition coefficient (Wildman–Crippen LogP) is 3.86. The van der Waals surface area contributed by atoms with Crippen LogP contribution in [-0.4, -0.2) is 65.1 Å². The second-order valence-corrected chi connectivity index (χ2v) is 9.22. The van der Waals surface area contributed by atoms with Gasteiger partial charge in [0.2, 0.25) is 17.6 Å². The highest BCUT2D eigenvalue weighted by molar-refractivity contribution is 6.36. The number of nitrogens with one attached hydrogen (secondary N) is 1. The molecule has 1 amide bonds. The molecular formula is C22H29Cl2N5O2. The molecule has 4 rings (SSSR count). The smallest absolute Gasteiger partial charge is 0.241 e. The quantitative estimate of drug-likeness (QED) is 0.596. The minimum atomic E-state index is 0.0918. The summed E-state index contributed by atoms with van der Waals surface area (Å²) < 4.78 is 5.41. The number of aromatic nitrogens is 2. The Morgan fingerprint density at radius 3 is 2.65 bits per heavy atom. The van der Waals surface area contributed by atoms with Crippen LogP contribution in [0.2, 0.25) is 10.0 Å². The SMILES string of the molecule is O=C(NCCCN1CCCC1)C1CCN(Cc2nc(-c3ccc(Cl)cc3Cl)no2)CC1. The lowest BCUT2D eigenvalue weighted by Gasteiger charge is -2.30. The fraction of sp³-hybridized carbons (Fsp3) is 0.591. The third kappa shape index (κ3) is 6.19. The first kappa shape index (κ1) is 22.5. The van der Waals surface area contributed by atoms with Crippen molar-refractivity contribution in [3.63, 3.8) is 0 Å². The number of carbonyl (C=O) groups is 1.